The van der Waals surface area contributed by atoms with Crippen LogP contribution in [0.25, 0.3) is 0 Å². The van der Waals surface area contributed by atoms with Crippen LogP contribution in [-0.4, -0.2) is 16.0 Å². The van der Waals surface area contributed by atoms with E-state index in [0.29, 0.717) is 11.9 Å². The van der Waals surface area contributed by atoms with Gasteiger partial charge in [0.15, 0.2) is 0 Å². The molecule has 0 aromatic carbocycles. The van der Waals surface area contributed by atoms with Gasteiger partial charge in [0.1, 0.15) is 12.1 Å². The molecule has 0 unspecified atom stereocenters. The zero-order valence-corrected chi connectivity index (χ0v) is 8.91. The standard InChI is InChI=1S/C11H16FN3/c1-8-2-4-9(5-3-8)15-11-6-10(12)13-7-14-11/h6-9H,2-5H2,1H3,(H,13,14,15). The first-order chi connectivity index (χ1) is 7.24. The topological polar surface area (TPSA) is 37.8 Å². The molecule has 0 bridgehead atoms. The first kappa shape index (κ1) is 10.3. The smallest absolute Gasteiger partial charge is 0.217 e. The molecule has 1 aromatic heterocycles. The van der Waals surface area contributed by atoms with E-state index in [9.17, 15) is 4.39 Å². The molecule has 0 atom stereocenters. The number of halogens is 1. The van der Waals surface area contributed by atoms with Gasteiger partial charge < -0.3 is 5.32 Å². The monoisotopic (exact) mass is 209 g/mol. The van der Waals surface area contributed by atoms with Crippen molar-refractivity contribution >= 4 is 5.82 Å². The molecule has 1 aromatic rings. The van der Waals surface area contributed by atoms with E-state index >= 15 is 0 Å². The van der Waals surface area contributed by atoms with Crippen LogP contribution < -0.4 is 5.32 Å². The molecule has 82 valence electrons. The fourth-order valence-corrected chi connectivity index (χ4v) is 2.03. The number of rotatable bonds is 2. The maximum Gasteiger partial charge on any atom is 0.217 e. The molecule has 1 fully saturated rings. The lowest BCUT2D eigenvalue weighted by Crippen LogP contribution is -2.25. The Morgan fingerprint density at radius 3 is 2.67 bits per heavy atom. The van der Waals surface area contributed by atoms with E-state index in [1.807, 2.05) is 0 Å². The second-order valence-electron chi connectivity index (χ2n) is 4.33. The van der Waals surface area contributed by atoms with Crippen LogP contribution in [0.3, 0.4) is 0 Å². The van der Waals surface area contributed by atoms with E-state index in [1.165, 1.54) is 25.2 Å². The molecule has 1 aliphatic carbocycles. The number of hydrogen-bond donors (Lipinski definition) is 1. The van der Waals surface area contributed by atoms with Gasteiger partial charge in [-0.1, -0.05) is 6.92 Å². The lowest BCUT2D eigenvalue weighted by molar-refractivity contribution is 0.360. The summed E-state index contributed by atoms with van der Waals surface area (Å²) in [5.41, 5.74) is 0. The molecule has 0 amide bonds. The van der Waals surface area contributed by atoms with Crippen LogP contribution in [0.15, 0.2) is 12.4 Å². The molecule has 0 radical (unpaired) electrons. The second kappa shape index (κ2) is 4.55. The minimum Gasteiger partial charge on any atom is -0.367 e. The van der Waals surface area contributed by atoms with Gasteiger partial charge in [0.05, 0.1) is 0 Å². The van der Waals surface area contributed by atoms with Crippen molar-refractivity contribution in [2.75, 3.05) is 5.32 Å². The number of aromatic nitrogens is 2. The fraction of sp³-hybridized carbons (Fsp3) is 0.636. The Hall–Kier alpha value is -1.19. The zero-order valence-electron chi connectivity index (χ0n) is 8.91. The summed E-state index contributed by atoms with van der Waals surface area (Å²) in [6, 6.07) is 1.79. The van der Waals surface area contributed by atoms with E-state index < -0.39 is 5.95 Å². The summed E-state index contributed by atoms with van der Waals surface area (Å²) in [6.45, 7) is 2.28. The van der Waals surface area contributed by atoms with Crippen LogP contribution in [-0.2, 0) is 0 Å². The molecular weight excluding hydrogens is 193 g/mol. The molecule has 4 heteroatoms. The summed E-state index contributed by atoms with van der Waals surface area (Å²) in [5.74, 6) is 0.948. The summed E-state index contributed by atoms with van der Waals surface area (Å²) >= 11 is 0. The third kappa shape index (κ3) is 2.88. The molecule has 0 spiro atoms. The van der Waals surface area contributed by atoms with Crippen LogP contribution in [0, 0.1) is 11.9 Å². The number of nitrogens with one attached hydrogen (secondary N) is 1. The molecular formula is C11H16FN3. The fourth-order valence-electron chi connectivity index (χ4n) is 2.03. The molecule has 2 rings (SSSR count). The lowest BCUT2D eigenvalue weighted by Gasteiger charge is -2.27. The Labute approximate surface area is 89.1 Å². The Bertz CT molecular complexity index is 321. The zero-order chi connectivity index (χ0) is 10.7. The molecule has 15 heavy (non-hydrogen) atoms. The van der Waals surface area contributed by atoms with Gasteiger partial charge in [-0.05, 0) is 31.6 Å². The van der Waals surface area contributed by atoms with E-state index in [4.69, 9.17) is 0 Å². The average Bonchev–Trinajstić information content (AvgIpc) is 2.22. The predicted octanol–water partition coefficient (Wildman–Crippen LogP) is 2.61. The Kier molecular flexibility index (Phi) is 3.14. The quantitative estimate of drug-likeness (QED) is 0.761. The van der Waals surface area contributed by atoms with Gasteiger partial charge in [-0.15, -0.1) is 0 Å². The van der Waals surface area contributed by atoms with Crippen molar-refractivity contribution in [3.05, 3.63) is 18.3 Å². The van der Waals surface area contributed by atoms with Gasteiger partial charge in [0, 0.05) is 12.1 Å². The number of anilines is 1. The van der Waals surface area contributed by atoms with Crippen molar-refractivity contribution in [3.63, 3.8) is 0 Å². The summed E-state index contributed by atoms with van der Waals surface area (Å²) < 4.78 is 12.8. The molecule has 0 saturated heterocycles. The van der Waals surface area contributed by atoms with Gasteiger partial charge in [-0.25, -0.2) is 9.97 Å². The van der Waals surface area contributed by atoms with E-state index in [0.717, 1.165) is 18.8 Å². The Morgan fingerprint density at radius 1 is 1.27 bits per heavy atom. The predicted molar refractivity (Wildman–Crippen MR) is 57.0 cm³/mol. The molecule has 1 heterocycles. The Balaban J connectivity index is 1.92. The van der Waals surface area contributed by atoms with Crippen molar-refractivity contribution < 1.29 is 4.39 Å². The van der Waals surface area contributed by atoms with Crippen molar-refractivity contribution in [2.24, 2.45) is 5.92 Å². The van der Waals surface area contributed by atoms with Gasteiger partial charge in [0.2, 0.25) is 5.95 Å². The molecule has 1 N–H and O–H groups in total. The van der Waals surface area contributed by atoms with Crippen molar-refractivity contribution in [3.8, 4) is 0 Å². The van der Waals surface area contributed by atoms with E-state index in [1.54, 1.807) is 0 Å². The molecule has 0 aliphatic heterocycles. The lowest BCUT2D eigenvalue weighted by atomic mass is 9.87. The van der Waals surface area contributed by atoms with Gasteiger partial charge in [-0.3, -0.25) is 0 Å². The highest BCUT2D eigenvalue weighted by Crippen LogP contribution is 2.25. The summed E-state index contributed by atoms with van der Waals surface area (Å²) in [6.07, 6.45) is 6.03. The third-order valence-electron chi connectivity index (χ3n) is 3.00. The van der Waals surface area contributed by atoms with Crippen LogP contribution in [0.5, 0.6) is 0 Å². The second-order valence-corrected chi connectivity index (χ2v) is 4.33. The normalized spacial score (nSPS) is 26.3. The minimum absolute atomic E-state index is 0.440. The van der Waals surface area contributed by atoms with Crippen molar-refractivity contribution in [2.45, 2.75) is 38.6 Å². The Morgan fingerprint density at radius 2 is 2.00 bits per heavy atom. The van der Waals surface area contributed by atoms with Gasteiger partial charge in [-0.2, -0.15) is 4.39 Å². The van der Waals surface area contributed by atoms with Crippen LogP contribution in [0.4, 0.5) is 10.2 Å². The largest absolute Gasteiger partial charge is 0.367 e. The first-order valence-electron chi connectivity index (χ1n) is 5.48. The van der Waals surface area contributed by atoms with Crippen LogP contribution >= 0.6 is 0 Å². The number of nitrogens with zero attached hydrogens (tertiary/aromatic N) is 2. The summed E-state index contributed by atoms with van der Waals surface area (Å²) in [5, 5.41) is 3.25. The summed E-state index contributed by atoms with van der Waals surface area (Å²) in [7, 11) is 0. The molecule has 3 nitrogen and oxygen atoms in total. The van der Waals surface area contributed by atoms with Crippen LogP contribution in [0.1, 0.15) is 32.6 Å². The highest BCUT2D eigenvalue weighted by atomic mass is 19.1. The maximum absolute atomic E-state index is 12.8. The van der Waals surface area contributed by atoms with Gasteiger partial charge >= 0.3 is 0 Å². The molecule has 1 saturated carbocycles. The first-order valence-corrected chi connectivity index (χ1v) is 5.48. The van der Waals surface area contributed by atoms with Crippen molar-refractivity contribution in [1.82, 2.24) is 9.97 Å². The summed E-state index contributed by atoms with van der Waals surface area (Å²) in [4.78, 5) is 7.42. The van der Waals surface area contributed by atoms with Crippen LogP contribution in [0.2, 0.25) is 0 Å². The SMILES string of the molecule is CC1CCC(Nc2cc(F)ncn2)CC1. The maximum atomic E-state index is 12.8. The highest BCUT2D eigenvalue weighted by molar-refractivity contribution is 5.33. The van der Waals surface area contributed by atoms with E-state index in [2.05, 4.69) is 22.2 Å². The third-order valence-corrected chi connectivity index (χ3v) is 3.00. The highest BCUT2D eigenvalue weighted by Gasteiger charge is 2.18. The average molecular weight is 209 g/mol. The van der Waals surface area contributed by atoms with E-state index in [-0.39, 0.29) is 0 Å². The molecule has 1 aliphatic rings. The van der Waals surface area contributed by atoms with Gasteiger partial charge in [0.25, 0.3) is 0 Å². The van der Waals surface area contributed by atoms with Crippen molar-refractivity contribution in [1.29, 1.82) is 0 Å². The number of hydrogen-bond acceptors (Lipinski definition) is 3. The minimum atomic E-state index is -0.475.